The molecule has 0 saturated carbocycles. The van der Waals surface area contributed by atoms with Crippen molar-refractivity contribution >= 4 is 0 Å². The summed E-state index contributed by atoms with van der Waals surface area (Å²) in [6.45, 7) is 4.01. The number of benzene rings is 1. The summed E-state index contributed by atoms with van der Waals surface area (Å²) in [5.74, 6) is 0. The fourth-order valence-corrected chi connectivity index (χ4v) is 1.62. The first kappa shape index (κ1) is 9.65. The van der Waals surface area contributed by atoms with Gasteiger partial charge in [-0.25, -0.2) is 0 Å². The summed E-state index contributed by atoms with van der Waals surface area (Å²) in [4.78, 5) is 11.5. The molecule has 0 spiro atoms. The Labute approximate surface area is 88.0 Å². The van der Waals surface area contributed by atoms with Crippen molar-refractivity contribution in [2.24, 2.45) is 0 Å². The van der Waals surface area contributed by atoms with Crippen molar-refractivity contribution < 1.29 is 0 Å². The molecule has 0 bridgehead atoms. The van der Waals surface area contributed by atoms with Crippen LogP contribution in [-0.4, -0.2) is 9.78 Å². The first-order chi connectivity index (χ1) is 7.16. The number of aromatic nitrogens is 2. The third-order valence-corrected chi connectivity index (χ3v) is 2.17. The fraction of sp³-hybridized carbons (Fsp3) is 0.167. The van der Waals surface area contributed by atoms with Crippen molar-refractivity contribution in [3.63, 3.8) is 0 Å². The summed E-state index contributed by atoms with van der Waals surface area (Å²) in [7, 11) is 0. The van der Waals surface area contributed by atoms with E-state index in [4.69, 9.17) is 0 Å². The van der Waals surface area contributed by atoms with Crippen LogP contribution >= 0.6 is 0 Å². The highest BCUT2D eigenvalue weighted by atomic mass is 16.1. The summed E-state index contributed by atoms with van der Waals surface area (Å²) in [6.07, 6.45) is 1.61. The van der Waals surface area contributed by atoms with Gasteiger partial charge in [-0.15, -0.1) is 0 Å². The second-order valence-corrected chi connectivity index (χ2v) is 3.62. The van der Waals surface area contributed by atoms with Crippen molar-refractivity contribution in [1.82, 2.24) is 9.78 Å². The molecule has 76 valence electrons. The highest BCUT2D eigenvalue weighted by Crippen LogP contribution is 2.10. The minimum atomic E-state index is -0.109. The zero-order valence-corrected chi connectivity index (χ0v) is 8.77. The zero-order valence-electron chi connectivity index (χ0n) is 8.77. The lowest BCUT2D eigenvalue weighted by Gasteiger charge is -2.05. The van der Waals surface area contributed by atoms with Gasteiger partial charge in [-0.05, 0) is 43.2 Å². The third-order valence-electron chi connectivity index (χ3n) is 2.17. The first-order valence-electron chi connectivity index (χ1n) is 4.80. The quantitative estimate of drug-likeness (QED) is 0.704. The van der Waals surface area contributed by atoms with Crippen molar-refractivity contribution in [3.05, 3.63) is 58.0 Å². The number of rotatable bonds is 1. The van der Waals surface area contributed by atoms with Gasteiger partial charge in [0.25, 0.3) is 5.56 Å². The average Bonchev–Trinajstić information content (AvgIpc) is 2.16. The molecule has 1 aromatic heterocycles. The number of nitrogens with zero attached hydrogens (tertiary/aromatic N) is 2. The van der Waals surface area contributed by atoms with Gasteiger partial charge in [0.2, 0.25) is 0 Å². The molecular weight excluding hydrogens is 188 g/mol. The summed E-state index contributed by atoms with van der Waals surface area (Å²) >= 11 is 0. The summed E-state index contributed by atoms with van der Waals surface area (Å²) in [5, 5.41) is 4.03. The Morgan fingerprint density at radius 2 is 1.80 bits per heavy atom. The van der Waals surface area contributed by atoms with E-state index in [1.807, 2.05) is 26.0 Å². The summed E-state index contributed by atoms with van der Waals surface area (Å²) in [5.41, 5.74) is 2.96. The molecule has 0 fully saturated rings. The van der Waals surface area contributed by atoms with Gasteiger partial charge in [0.1, 0.15) is 0 Å². The highest BCUT2D eigenvalue weighted by Gasteiger charge is 2.00. The first-order valence-corrected chi connectivity index (χ1v) is 4.80. The van der Waals surface area contributed by atoms with E-state index in [1.165, 1.54) is 10.7 Å². The lowest BCUT2D eigenvalue weighted by Crippen LogP contribution is -2.19. The van der Waals surface area contributed by atoms with Crippen LogP contribution in [0.2, 0.25) is 0 Å². The van der Waals surface area contributed by atoms with Gasteiger partial charge in [0.05, 0.1) is 5.69 Å². The van der Waals surface area contributed by atoms with Crippen molar-refractivity contribution in [1.29, 1.82) is 0 Å². The van der Waals surface area contributed by atoms with Gasteiger partial charge in [-0.2, -0.15) is 9.78 Å². The molecule has 1 heterocycles. The minimum absolute atomic E-state index is 0.109. The smallest absolute Gasteiger partial charge is 0.267 e. The third kappa shape index (κ3) is 1.96. The van der Waals surface area contributed by atoms with Crippen LogP contribution < -0.4 is 5.56 Å². The molecule has 0 amide bonds. The van der Waals surface area contributed by atoms with Gasteiger partial charge in [0, 0.05) is 12.3 Å². The highest BCUT2D eigenvalue weighted by molar-refractivity contribution is 5.38. The van der Waals surface area contributed by atoms with Crippen LogP contribution in [0.15, 0.2) is 41.3 Å². The lowest BCUT2D eigenvalue weighted by molar-refractivity contribution is 0.805. The van der Waals surface area contributed by atoms with Gasteiger partial charge >= 0.3 is 0 Å². The molecule has 2 rings (SSSR count). The van der Waals surface area contributed by atoms with Crippen LogP contribution in [0.5, 0.6) is 0 Å². The molecule has 0 saturated heterocycles. The monoisotopic (exact) mass is 200 g/mol. The molecule has 0 atom stereocenters. The van der Waals surface area contributed by atoms with Crippen LogP contribution in [0.4, 0.5) is 0 Å². The fourth-order valence-electron chi connectivity index (χ4n) is 1.62. The van der Waals surface area contributed by atoms with Crippen molar-refractivity contribution in [2.45, 2.75) is 13.8 Å². The minimum Gasteiger partial charge on any atom is -0.267 e. The zero-order chi connectivity index (χ0) is 10.8. The van der Waals surface area contributed by atoms with Crippen molar-refractivity contribution in [2.75, 3.05) is 0 Å². The van der Waals surface area contributed by atoms with Gasteiger partial charge in [0.15, 0.2) is 0 Å². The van der Waals surface area contributed by atoms with E-state index in [0.29, 0.717) is 0 Å². The van der Waals surface area contributed by atoms with Crippen LogP contribution in [0.3, 0.4) is 0 Å². The second-order valence-electron chi connectivity index (χ2n) is 3.62. The second kappa shape index (κ2) is 3.69. The maximum absolute atomic E-state index is 11.5. The maximum Gasteiger partial charge on any atom is 0.271 e. The maximum atomic E-state index is 11.5. The standard InChI is InChI=1S/C12H12N2O/c1-9-6-10(2)8-11(7-9)14-12(15)4-3-5-13-14/h3-8H,1-2H3. The Bertz CT molecular complexity index is 523. The Kier molecular flexibility index (Phi) is 2.37. The van der Waals surface area contributed by atoms with E-state index in [2.05, 4.69) is 11.2 Å². The lowest BCUT2D eigenvalue weighted by atomic mass is 10.1. The SMILES string of the molecule is Cc1cc(C)cc(-n2ncccc2=O)c1. The molecule has 1 aromatic carbocycles. The Hall–Kier alpha value is -1.90. The van der Waals surface area contributed by atoms with E-state index >= 15 is 0 Å². The van der Waals surface area contributed by atoms with Crippen molar-refractivity contribution in [3.8, 4) is 5.69 Å². The Morgan fingerprint density at radius 1 is 1.13 bits per heavy atom. The van der Waals surface area contributed by atoms with Gasteiger partial charge in [-0.3, -0.25) is 4.79 Å². The molecule has 2 aromatic rings. The van der Waals surface area contributed by atoms with E-state index in [1.54, 1.807) is 12.3 Å². The molecule has 0 radical (unpaired) electrons. The normalized spacial score (nSPS) is 10.3. The summed E-state index contributed by atoms with van der Waals surface area (Å²) in [6, 6.07) is 9.10. The molecule has 3 heteroatoms. The Morgan fingerprint density at radius 3 is 2.40 bits per heavy atom. The van der Waals surface area contributed by atoms with Gasteiger partial charge < -0.3 is 0 Å². The topological polar surface area (TPSA) is 34.9 Å². The van der Waals surface area contributed by atoms with Crippen LogP contribution in [0, 0.1) is 13.8 Å². The van der Waals surface area contributed by atoms with E-state index < -0.39 is 0 Å². The summed E-state index contributed by atoms with van der Waals surface area (Å²) < 4.78 is 1.40. The van der Waals surface area contributed by atoms with Crippen LogP contribution in [-0.2, 0) is 0 Å². The van der Waals surface area contributed by atoms with E-state index in [0.717, 1.165) is 16.8 Å². The van der Waals surface area contributed by atoms with Crippen LogP contribution in [0.25, 0.3) is 5.69 Å². The van der Waals surface area contributed by atoms with Gasteiger partial charge in [-0.1, -0.05) is 6.07 Å². The molecule has 0 aliphatic heterocycles. The molecular formula is C12H12N2O. The molecule has 0 unspecified atom stereocenters. The average molecular weight is 200 g/mol. The van der Waals surface area contributed by atoms with Crippen LogP contribution in [0.1, 0.15) is 11.1 Å². The van der Waals surface area contributed by atoms with E-state index in [-0.39, 0.29) is 5.56 Å². The predicted molar refractivity (Wildman–Crippen MR) is 59.3 cm³/mol. The largest absolute Gasteiger partial charge is 0.271 e. The molecule has 0 aliphatic carbocycles. The molecule has 15 heavy (non-hydrogen) atoms. The molecule has 0 aliphatic rings. The Balaban J connectivity index is 2.64. The number of hydrogen-bond acceptors (Lipinski definition) is 2. The molecule has 0 N–H and O–H groups in total. The van der Waals surface area contributed by atoms with E-state index in [9.17, 15) is 4.79 Å². The number of aryl methyl sites for hydroxylation is 2. The predicted octanol–water partition coefficient (Wildman–Crippen LogP) is 1.85. The number of hydrogen-bond donors (Lipinski definition) is 0. The molecule has 3 nitrogen and oxygen atoms in total.